The van der Waals surface area contributed by atoms with Crippen LogP contribution in [0.15, 0.2) is 28.9 Å². The summed E-state index contributed by atoms with van der Waals surface area (Å²) in [7, 11) is 0. The predicted octanol–water partition coefficient (Wildman–Crippen LogP) is 5.45. The normalized spacial score (nSPS) is 19.8. The largest absolute Gasteiger partial charge is 0.353 e. The van der Waals surface area contributed by atoms with Gasteiger partial charge in [0.15, 0.2) is 0 Å². The average molecular weight is 519 g/mol. The topological polar surface area (TPSA) is 46.1 Å². The van der Waals surface area contributed by atoms with Crippen LogP contribution >= 0.6 is 28.3 Å². The van der Waals surface area contributed by atoms with Crippen LogP contribution in [0.5, 0.6) is 0 Å². The zero-order valence-corrected chi connectivity index (χ0v) is 20.0. The van der Waals surface area contributed by atoms with Crippen molar-refractivity contribution in [2.45, 2.75) is 69.9 Å². The molecule has 1 aliphatic heterocycles. The molecule has 1 aromatic carbocycles. The number of aromatic nitrogens is 1. The Bertz CT molecular complexity index is 888. The second-order valence-corrected chi connectivity index (χ2v) is 9.77. The molecule has 0 radical (unpaired) electrons. The molecule has 0 unspecified atom stereocenters. The van der Waals surface area contributed by atoms with Crippen molar-refractivity contribution in [3.8, 4) is 0 Å². The molecule has 1 saturated carbocycles. The van der Waals surface area contributed by atoms with Crippen LogP contribution in [-0.4, -0.2) is 35.5 Å². The maximum atomic E-state index is 13.5. The summed E-state index contributed by atoms with van der Waals surface area (Å²) < 4.78 is 30.2. The van der Waals surface area contributed by atoms with Crippen LogP contribution in [0.1, 0.15) is 50.5 Å². The minimum absolute atomic E-state index is 0. The first-order valence-electron chi connectivity index (χ1n) is 11.0. The Morgan fingerprint density at radius 2 is 1.90 bits per heavy atom. The van der Waals surface area contributed by atoms with Gasteiger partial charge in [-0.1, -0.05) is 15.9 Å². The molecule has 1 aliphatic carbocycles. The van der Waals surface area contributed by atoms with Crippen molar-refractivity contribution >= 4 is 45.1 Å². The molecule has 2 fully saturated rings. The standard InChI is InChI=1S/C23H30BrF2N3O.ClH/c24-18-2-3-21-20(13-18)17(1-4-22(30)28-19-7-11-27-12-8-19)15-29(21)14-16-5-9-23(25,26)10-6-16;/h2-3,13,15-16,19,27H,1,4-12,14H2,(H,28,30);1H. The van der Waals surface area contributed by atoms with Gasteiger partial charge in [0.25, 0.3) is 0 Å². The fourth-order valence-corrected chi connectivity index (χ4v) is 5.13. The molecule has 0 bridgehead atoms. The van der Waals surface area contributed by atoms with Gasteiger partial charge in [-0.3, -0.25) is 4.79 Å². The monoisotopic (exact) mass is 517 g/mol. The van der Waals surface area contributed by atoms with Crippen molar-refractivity contribution < 1.29 is 13.6 Å². The zero-order valence-electron chi connectivity index (χ0n) is 17.6. The van der Waals surface area contributed by atoms with E-state index in [0.717, 1.165) is 53.4 Å². The second kappa shape index (κ2) is 10.6. The molecule has 1 saturated heterocycles. The Morgan fingerprint density at radius 3 is 2.61 bits per heavy atom. The van der Waals surface area contributed by atoms with Crippen LogP contribution in [0.25, 0.3) is 10.9 Å². The lowest BCUT2D eigenvalue weighted by molar-refractivity contribution is -0.121. The van der Waals surface area contributed by atoms with Crippen LogP contribution < -0.4 is 10.6 Å². The third kappa shape index (κ3) is 6.42. The van der Waals surface area contributed by atoms with Crippen LogP contribution in [0, 0.1) is 5.92 Å². The van der Waals surface area contributed by atoms with Crippen molar-refractivity contribution in [1.29, 1.82) is 0 Å². The lowest BCUT2D eigenvalue weighted by Crippen LogP contribution is -2.42. The molecule has 2 aliphatic rings. The third-order valence-corrected chi connectivity index (χ3v) is 7.04. The van der Waals surface area contributed by atoms with E-state index in [1.165, 1.54) is 0 Å². The highest BCUT2D eigenvalue weighted by molar-refractivity contribution is 9.10. The van der Waals surface area contributed by atoms with Crippen LogP contribution in [-0.2, 0) is 17.8 Å². The van der Waals surface area contributed by atoms with Gasteiger partial charge in [-0.05, 0) is 74.9 Å². The molecule has 2 heterocycles. The summed E-state index contributed by atoms with van der Waals surface area (Å²) in [5.74, 6) is -2.11. The molecule has 0 atom stereocenters. The summed E-state index contributed by atoms with van der Waals surface area (Å²) in [5.41, 5.74) is 2.26. The molecule has 2 aromatic rings. The fourth-order valence-electron chi connectivity index (χ4n) is 4.77. The van der Waals surface area contributed by atoms with Crippen molar-refractivity contribution in [2.24, 2.45) is 5.92 Å². The van der Waals surface area contributed by atoms with E-state index >= 15 is 0 Å². The second-order valence-electron chi connectivity index (χ2n) is 8.86. The van der Waals surface area contributed by atoms with Gasteiger partial charge in [0.1, 0.15) is 0 Å². The van der Waals surface area contributed by atoms with Gasteiger partial charge in [-0.15, -0.1) is 12.4 Å². The average Bonchev–Trinajstić information content (AvgIpc) is 3.05. The molecule has 1 amide bonds. The van der Waals surface area contributed by atoms with Crippen molar-refractivity contribution in [1.82, 2.24) is 15.2 Å². The van der Waals surface area contributed by atoms with Gasteiger partial charge in [0.05, 0.1) is 0 Å². The quantitative estimate of drug-likeness (QED) is 0.534. The number of carbonyl (C=O) groups excluding carboxylic acids is 1. The number of nitrogens with one attached hydrogen (secondary N) is 2. The Labute approximate surface area is 197 Å². The van der Waals surface area contributed by atoms with Gasteiger partial charge in [-0.25, -0.2) is 8.78 Å². The molecular weight excluding hydrogens is 488 g/mol. The predicted molar refractivity (Wildman–Crippen MR) is 126 cm³/mol. The van der Waals surface area contributed by atoms with Gasteiger partial charge < -0.3 is 15.2 Å². The van der Waals surface area contributed by atoms with Crippen molar-refractivity contribution in [3.05, 3.63) is 34.4 Å². The summed E-state index contributed by atoms with van der Waals surface area (Å²) in [6, 6.07) is 6.47. The lowest BCUT2D eigenvalue weighted by atomic mass is 9.87. The Kier molecular flexibility index (Phi) is 8.38. The number of hydrogen-bond acceptors (Lipinski definition) is 2. The number of amides is 1. The van der Waals surface area contributed by atoms with E-state index in [1.54, 1.807) is 0 Å². The lowest BCUT2D eigenvalue weighted by Gasteiger charge is -2.28. The number of aryl methyl sites for hydroxylation is 1. The number of piperidine rings is 1. The summed E-state index contributed by atoms with van der Waals surface area (Å²) >= 11 is 3.55. The first-order chi connectivity index (χ1) is 14.4. The molecule has 2 N–H and O–H groups in total. The maximum Gasteiger partial charge on any atom is 0.248 e. The molecule has 8 heteroatoms. The number of hydrogen-bond donors (Lipinski definition) is 2. The Hall–Kier alpha value is -1.18. The number of fused-ring (bicyclic) bond motifs is 1. The Balaban J connectivity index is 0.00000272. The molecule has 172 valence electrons. The number of benzene rings is 1. The molecule has 0 spiro atoms. The molecule has 1 aromatic heterocycles. The summed E-state index contributed by atoms with van der Waals surface area (Å²) in [6.45, 7) is 2.68. The molecular formula is C23H31BrClF2N3O. The summed E-state index contributed by atoms with van der Waals surface area (Å²) in [4.78, 5) is 12.5. The van der Waals surface area contributed by atoms with E-state index in [1.807, 2.05) is 6.07 Å². The zero-order chi connectivity index (χ0) is 21.1. The van der Waals surface area contributed by atoms with E-state index in [2.05, 4.69) is 49.5 Å². The number of rotatable bonds is 6. The van der Waals surface area contributed by atoms with E-state index in [9.17, 15) is 13.6 Å². The van der Waals surface area contributed by atoms with Crippen LogP contribution in [0.2, 0.25) is 0 Å². The third-order valence-electron chi connectivity index (χ3n) is 6.54. The summed E-state index contributed by atoms with van der Waals surface area (Å²) in [6.07, 6.45) is 6.36. The Morgan fingerprint density at radius 1 is 1.19 bits per heavy atom. The summed E-state index contributed by atoms with van der Waals surface area (Å²) in [5, 5.41) is 7.61. The number of alkyl halides is 2. The van der Waals surface area contributed by atoms with Crippen molar-refractivity contribution in [2.75, 3.05) is 13.1 Å². The first kappa shape index (κ1) is 24.5. The molecule has 4 rings (SSSR count). The van der Waals surface area contributed by atoms with E-state index in [0.29, 0.717) is 25.7 Å². The number of halogens is 4. The highest BCUT2D eigenvalue weighted by Crippen LogP contribution is 2.37. The fraction of sp³-hybridized carbons (Fsp3) is 0.609. The van der Waals surface area contributed by atoms with Gasteiger partial charge >= 0.3 is 0 Å². The van der Waals surface area contributed by atoms with Gasteiger partial charge in [0.2, 0.25) is 11.8 Å². The highest BCUT2D eigenvalue weighted by Gasteiger charge is 2.35. The number of nitrogens with zero attached hydrogens (tertiary/aromatic N) is 1. The van der Waals surface area contributed by atoms with Crippen molar-refractivity contribution in [3.63, 3.8) is 0 Å². The van der Waals surface area contributed by atoms with Crippen LogP contribution in [0.4, 0.5) is 8.78 Å². The SMILES string of the molecule is Cl.O=C(CCc1cn(CC2CCC(F)(F)CC2)c2ccc(Br)cc12)NC1CCNCC1. The van der Waals surface area contributed by atoms with Gasteiger partial charge in [0, 0.05) is 53.4 Å². The van der Waals surface area contributed by atoms with E-state index < -0.39 is 5.92 Å². The maximum absolute atomic E-state index is 13.5. The number of carbonyl (C=O) groups is 1. The molecule has 31 heavy (non-hydrogen) atoms. The van der Waals surface area contributed by atoms with E-state index in [-0.39, 0.29) is 43.1 Å². The molecule has 4 nitrogen and oxygen atoms in total. The smallest absolute Gasteiger partial charge is 0.248 e. The van der Waals surface area contributed by atoms with E-state index in [4.69, 9.17) is 0 Å². The van der Waals surface area contributed by atoms with Crippen LogP contribution in [0.3, 0.4) is 0 Å². The first-order valence-corrected chi connectivity index (χ1v) is 11.8. The minimum atomic E-state index is -2.49. The minimum Gasteiger partial charge on any atom is -0.353 e. The highest BCUT2D eigenvalue weighted by atomic mass is 79.9. The van der Waals surface area contributed by atoms with Gasteiger partial charge in [-0.2, -0.15) is 0 Å².